The second kappa shape index (κ2) is 3.49. The van der Waals surface area contributed by atoms with Crippen molar-refractivity contribution in [1.82, 2.24) is 10.5 Å². The van der Waals surface area contributed by atoms with Gasteiger partial charge in [0.2, 0.25) is 0 Å². The largest absolute Gasteiger partial charge is 0.356 e. The van der Waals surface area contributed by atoms with Gasteiger partial charge in [0, 0.05) is 23.7 Å². The van der Waals surface area contributed by atoms with Crippen molar-refractivity contribution >= 4 is 5.57 Å². The van der Waals surface area contributed by atoms with E-state index in [-0.39, 0.29) is 0 Å². The molecule has 1 aromatic rings. The van der Waals surface area contributed by atoms with Crippen molar-refractivity contribution in [3.8, 4) is 0 Å². The molecular formula is C12H16N2O. The van der Waals surface area contributed by atoms with Crippen LogP contribution in [0.1, 0.15) is 37.1 Å². The van der Waals surface area contributed by atoms with E-state index in [1.807, 2.05) is 13.0 Å². The Bertz CT molecular complexity index is 394. The molecule has 0 radical (unpaired) electrons. The Morgan fingerprint density at radius 1 is 1.40 bits per heavy atom. The maximum Gasteiger partial charge on any atom is 0.164 e. The molecule has 80 valence electrons. The lowest BCUT2D eigenvalue weighted by Gasteiger charge is -2.11. The second-order valence-electron chi connectivity index (χ2n) is 4.56. The lowest BCUT2D eigenvalue weighted by Crippen LogP contribution is -2.28. The molecule has 2 atom stereocenters. The smallest absolute Gasteiger partial charge is 0.164 e. The van der Waals surface area contributed by atoms with E-state index >= 15 is 0 Å². The van der Waals surface area contributed by atoms with E-state index in [1.165, 1.54) is 24.8 Å². The Morgan fingerprint density at radius 2 is 2.33 bits per heavy atom. The Labute approximate surface area is 89.5 Å². The molecule has 0 spiro atoms. The minimum absolute atomic E-state index is 0.491. The van der Waals surface area contributed by atoms with Crippen molar-refractivity contribution in [2.75, 3.05) is 0 Å². The molecule has 1 aromatic heterocycles. The van der Waals surface area contributed by atoms with Gasteiger partial charge in [-0.05, 0) is 32.6 Å². The van der Waals surface area contributed by atoms with Crippen LogP contribution in [0.4, 0.5) is 0 Å². The van der Waals surface area contributed by atoms with E-state index in [0.717, 1.165) is 17.9 Å². The van der Waals surface area contributed by atoms with Crippen molar-refractivity contribution in [3.05, 3.63) is 23.6 Å². The van der Waals surface area contributed by atoms with E-state index in [9.17, 15) is 0 Å². The molecule has 2 bridgehead atoms. The summed E-state index contributed by atoms with van der Waals surface area (Å²) in [7, 11) is 0. The quantitative estimate of drug-likeness (QED) is 0.762. The highest BCUT2D eigenvalue weighted by molar-refractivity contribution is 5.66. The summed E-state index contributed by atoms with van der Waals surface area (Å²) in [5.41, 5.74) is 2.28. The molecule has 2 aliphatic rings. The number of nitrogens with zero attached hydrogens (tertiary/aromatic N) is 1. The lowest BCUT2D eigenvalue weighted by atomic mass is 9.98. The average molecular weight is 204 g/mol. The number of fused-ring (bicyclic) bond motifs is 2. The van der Waals surface area contributed by atoms with Crippen LogP contribution in [0.15, 0.2) is 16.7 Å². The van der Waals surface area contributed by atoms with Gasteiger partial charge in [0.15, 0.2) is 5.76 Å². The maximum atomic E-state index is 5.35. The molecule has 0 unspecified atom stereocenters. The van der Waals surface area contributed by atoms with Gasteiger partial charge in [-0.1, -0.05) is 11.2 Å². The van der Waals surface area contributed by atoms with Crippen LogP contribution in [-0.2, 0) is 0 Å². The molecule has 3 nitrogen and oxygen atoms in total. The van der Waals surface area contributed by atoms with E-state index < -0.39 is 0 Å². The van der Waals surface area contributed by atoms with Gasteiger partial charge in [0.1, 0.15) is 0 Å². The number of nitrogens with one attached hydrogen (secondary N) is 1. The molecule has 1 saturated heterocycles. The van der Waals surface area contributed by atoms with Gasteiger partial charge in [0.25, 0.3) is 0 Å². The van der Waals surface area contributed by atoms with Crippen LogP contribution in [0.2, 0.25) is 0 Å². The molecule has 0 aromatic carbocycles. The first-order valence-electron chi connectivity index (χ1n) is 5.73. The fraction of sp³-hybridized carbons (Fsp3) is 0.583. The van der Waals surface area contributed by atoms with Gasteiger partial charge in [-0.2, -0.15) is 0 Å². The molecule has 1 fully saturated rings. The summed E-state index contributed by atoms with van der Waals surface area (Å²) in [6, 6.07) is 3.24. The highest BCUT2D eigenvalue weighted by atomic mass is 16.5. The zero-order valence-corrected chi connectivity index (χ0v) is 8.99. The number of rotatable bonds is 1. The fourth-order valence-corrected chi connectivity index (χ4v) is 2.65. The van der Waals surface area contributed by atoms with Crippen LogP contribution in [-0.4, -0.2) is 17.2 Å². The van der Waals surface area contributed by atoms with Gasteiger partial charge in [-0.25, -0.2) is 0 Å². The molecule has 15 heavy (non-hydrogen) atoms. The molecule has 0 saturated carbocycles. The van der Waals surface area contributed by atoms with Crippen LogP contribution in [0.3, 0.4) is 0 Å². The summed E-state index contributed by atoms with van der Waals surface area (Å²) >= 11 is 0. The van der Waals surface area contributed by atoms with Crippen molar-refractivity contribution in [2.24, 2.45) is 0 Å². The van der Waals surface area contributed by atoms with E-state index in [0.29, 0.717) is 12.1 Å². The number of aryl methyl sites for hydroxylation is 1. The summed E-state index contributed by atoms with van der Waals surface area (Å²) in [6.45, 7) is 1.97. The minimum atomic E-state index is 0.491. The zero-order chi connectivity index (χ0) is 10.3. The zero-order valence-electron chi connectivity index (χ0n) is 8.99. The Hall–Kier alpha value is -1.09. The standard InChI is InChI=1S/C12H16N2O/c1-8-7-12(15-14-8)10-4-2-3-9-5-6-11(10)13-9/h4,7,9,11,13H,2-3,5-6H2,1H3/t9-,11-/m1/s1. The van der Waals surface area contributed by atoms with E-state index in [1.54, 1.807) is 0 Å². The van der Waals surface area contributed by atoms with Gasteiger partial charge in [-0.15, -0.1) is 0 Å². The predicted molar refractivity (Wildman–Crippen MR) is 58.4 cm³/mol. The Kier molecular flexibility index (Phi) is 2.13. The third-order valence-corrected chi connectivity index (χ3v) is 3.41. The van der Waals surface area contributed by atoms with Crippen LogP contribution < -0.4 is 5.32 Å². The van der Waals surface area contributed by atoms with Crippen molar-refractivity contribution in [3.63, 3.8) is 0 Å². The van der Waals surface area contributed by atoms with Gasteiger partial charge in [0.05, 0.1) is 5.69 Å². The lowest BCUT2D eigenvalue weighted by molar-refractivity contribution is 0.402. The van der Waals surface area contributed by atoms with Gasteiger partial charge < -0.3 is 9.84 Å². The monoisotopic (exact) mass is 204 g/mol. The number of aromatic nitrogens is 1. The third kappa shape index (κ3) is 1.61. The second-order valence-corrected chi connectivity index (χ2v) is 4.56. The topological polar surface area (TPSA) is 38.1 Å². The van der Waals surface area contributed by atoms with Crippen molar-refractivity contribution in [2.45, 2.75) is 44.7 Å². The molecular weight excluding hydrogens is 188 g/mol. The molecule has 3 heterocycles. The molecule has 3 heteroatoms. The average Bonchev–Trinajstić information content (AvgIpc) is 2.74. The third-order valence-electron chi connectivity index (χ3n) is 3.41. The van der Waals surface area contributed by atoms with Crippen LogP contribution >= 0.6 is 0 Å². The summed E-state index contributed by atoms with van der Waals surface area (Å²) in [6.07, 6.45) is 7.26. The summed E-state index contributed by atoms with van der Waals surface area (Å²) < 4.78 is 5.35. The minimum Gasteiger partial charge on any atom is -0.356 e. The summed E-state index contributed by atoms with van der Waals surface area (Å²) in [5.74, 6) is 0.951. The number of hydrogen-bond donors (Lipinski definition) is 1. The highest BCUT2D eigenvalue weighted by Crippen LogP contribution is 2.31. The van der Waals surface area contributed by atoms with E-state index in [2.05, 4.69) is 16.5 Å². The first kappa shape index (κ1) is 9.16. The van der Waals surface area contributed by atoms with Crippen LogP contribution in [0.25, 0.3) is 5.57 Å². The number of hydrogen-bond acceptors (Lipinski definition) is 3. The van der Waals surface area contributed by atoms with Crippen LogP contribution in [0.5, 0.6) is 0 Å². The highest BCUT2D eigenvalue weighted by Gasteiger charge is 2.30. The predicted octanol–water partition coefficient (Wildman–Crippen LogP) is 2.28. The first-order valence-corrected chi connectivity index (χ1v) is 5.73. The maximum absolute atomic E-state index is 5.35. The first-order chi connectivity index (χ1) is 7.33. The molecule has 3 rings (SSSR count). The van der Waals surface area contributed by atoms with Crippen molar-refractivity contribution < 1.29 is 4.52 Å². The Balaban J connectivity index is 1.93. The summed E-state index contributed by atoms with van der Waals surface area (Å²) in [4.78, 5) is 0. The number of allylic oxidation sites excluding steroid dienone is 1. The molecule has 2 aliphatic heterocycles. The molecule has 1 N–H and O–H groups in total. The van der Waals surface area contributed by atoms with Gasteiger partial charge >= 0.3 is 0 Å². The fourth-order valence-electron chi connectivity index (χ4n) is 2.65. The van der Waals surface area contributed by atoms with E-state index in [4.69, 9.17) is 4.52 Å². The molecule has 0 aliphatic carbocycles. The summed E-state index contributed by atoms with van der Waals surface area (Å²) in [5, 5.41) is 7.62. The molecule has 0 amide bonds. The van der Waals surface area contributed by atoms with Gasteiger partial charge in [-0.3, -0.25) is 0 Å². The Morgan fingerprint density at radius 3 is 3.13 bits per heavy atom. The van der Waals surface area contributed by atoms with Crippen LogP contribution in [0, 0.1) is 6.92 Å². The van der Waals surface area contributed by atoms with Crippen molar-refractivity contribution in [1.29, 1.82) is 0 Å². The SMILES string of the molecule is Cc1cc(C2=CCC[C@@H]3CC[C@H]2N3)on1. The normalized spacial score (nSPS) is 30.1.